The molecule has 0 aliphatic carbocycles. The summed E-state index contributed by atoms with van der Waals surface area (Å²) in [7, 11) is 1.71. The maximum atomic E-state index is 5.18. The molecule has 0 fully saturated rings. The summed E-state index contributed by atoms with van der Waals surface area (Å²) in [6.45, 7) is 3.79. The van der Waals surface area contributed by atoms with Crippen molar-refractivity contribution in [2.75, 3.05) is 13.7 Å². The zero-order valence-electron chi connectivity index (χ0n) is 13.9. The predicted molar refractivity (Wildman–Crippen MR) is 95.6 cm³/mol. The van der Waals surface area contributed by atoms with E-state index in [0.29, 0.717) is 6.61 Å². The Kier molecular flexibility index (Phi) is 3.78. The van der Waals surface area contributed by atoms with E-state index in [1.807, 2.05) is 4.68 Å². The number of aromatic nitrogens is 4. The summed E-state index contributed by atoms with van der Waals surface area (Å²) in [5.74, 6) is 0. The van der Waals surface area contributed by atoms with Crippen molar-refractivity contribution >= 4 is 21.8 Å². The number of methoxy groups -OCH3 is 1. The van der Waals surface area contributed by atoms with E-state index in [2.05, 4.69) is 64.3 Å². The molecule has 2 heterocycles. The largest absolute Gasteiger partial charge is 0.384 e. The van der Waals surface area contributed by atoms with Crippen LogP contribution in [0.2, 0.25) is 0 Å². The summed E-state index contributed by atoms with van der Waals surface area (Å²) in [6.07, 6.45) is 2.59. The molecule has 2 aromatic carbocycles. The molecule has 0 bridgehead atoms. The third-order valence-electron chi connectivity index (χ3n) is 4.50. The molecule has 5 heteroatoms. The van der Waals surface area contributed by atoms with E-state index in [0.717, 1.165) is 24.3 Å². The lowest BCUT2D eigenvalue weighted by molar-refractivity contribution is 0.201. The van der Waals surface area contributed by atoms with Crippen molar-refractivity contribution in [2.24, 2.45) is 0 Å². The second-order valence-electron chi connectivity index (χ2n) is 5.84. The fourth-order valence-electron chi connectivity index (χ4n) is 3.36. The van der Waals surface area contributed by atoms with Gasteiger partial charge in [0.2, 0.25) is 0 Å². The topological polar surface area (TPSA) is 44.9 Å². The molecular formula is C19H20N4O. The quantitative estimate of drug-likeness (QED) is 0.564. The summed E-state index contributed by atoms with van der Waals surface area (Å²) < 4.78 is 9.43. The number of fused-ring (bicyclic) bond motifs is 3. The molecule has 0 saturated heterocycles. The highest BCUT2D eigenvalue weighted by Gasteiger charge is 2.12. The first-order valence-corrected chi connectivity index (χ1v) is 8.23. The number of nitrogens with zero attached hydrogens (tertiary/aromatic N) is 4. The van der Waals surface area contributed by atoms with Gasteiger partial charge in [0.15, 0.2) is 0 Å². The molecule has 122 valence electrons. The van der Waals surface area contributed by atoms with Gasteiger partial charge in [-0.15, -0.1) is 5.10 Å². The lowest BCUT2D eigenvalue weighted by Crippen LogP contribution is -2.05. The smallest absolute Gasteiger partial charge is 0.0730 e. The van der Waals surface area contributed by atoms with Crippen LogP contribution in [0, 0.1) is 0 Å². The van der Waals surface area contributed by atoms with Crippen LogP contribution in [0.4, 0.5) is 0 Å². The Morgan fingerprint density at radius 2 is 1.88 bits per heavy atom. The minimum atomic E-state index is 0.657. The monoisotopic (exact) mass is 320 g/mol. The van der Waals surface area contributed by atoms with E-state index in [1.165, 1.54) is 21.8 Å². The Labute approximate surface area is 140 Å². The van der Waals surface area contributed by atoms with Crippen LogP contribution in [0.1, 0.15) is 12.6 Å². The standard InChI is InChI=1S/C19H20N4O/c1-3-22-18-7-5-4-6-16(18)17-12-14(8-9-19(17)22)23-15(10-11-24-2)13-20-21-23/h4-9,12-13H,3,10-11H2,1-2H3. The third-order valence-corrected chi connectivity index (χ3v) is 4.50. The van der Waals surface area contributed by atoms with Crippen molar-refractivity contribution in [2.45, 2.75) is 19.9 Å². The van der Waals surface area contributed by atoms with Gasteiger partial charge in [0.1, 0.15) is 0 Å². The number of para-hydroxylation sites is 1. The van der Waals surface area contributed by atoms with Gasteiger partial charge in [0.05, 0.1) is 24.2 Å². The molecule has 0 spiro atoms. The second-order valence-corrected chi connectivity index (χ2v) is 5.84. The number of benzene rings is 2. The maximum absolute atomic E-state index is 5.18. The minimum absolute atomic E-state index is 0.657. The Bertz CT molecular complexity index is 999. The highest BCUT2D eigenvalue weighted by Crippen LogP contribution is 2.30. The number of ether oxygens (including phenoxy) is 1. The maximum Gasteiger partial charge on any atom is 0.0730 e. The lowest BCUT2D eigenvalue weighted by Gasteiger charge is -2.07. The fraction of sp³-hybridized carbons (Fsp3) is 0.263. The molecule has 24 heavy (non-hydrogen) atoms. The summed E-state index contributed by atoms with van der Waals surface area (Å²) in [4.78, 5) is 0. The van der Waals surface area contributed by atoms with Crippen LogP contribution in [0.15, 0.2) is 48.7 Å². The first kappa shape index (κ1) is 14.9. The number of rotatable bonds is 5. The van der Waals surface area contributed by atoms with E-state index >= 15 is 0 Å². The molecular weight excluding hydrogens is 300 g/mol. The number of hydrogen-bond acceptors (Lipinski definition) is 3. The Balaban J connectivity index is 1.90. The summed E-state index contributed by atoms with van der Waals surface area (Å²) in [5.41, 5.74) is 4.60. The average molecular weight is 320 g/mol. The van der Waals surface area contributed by atoms with Crippen molar-refractivity contribution in [3.63, 3.8) is 0 Å². The minimum Gasteiger partial charge on any atom is -0.384 e. The van der Waals surface area contributed by atoms with Gasteiger partial charge in [0, 0.05) is 41.9 Å². The molecule has 0 aliphatic heterocycles. The van der Waals surface area contributed by atoms with Crippen molar-refractivity contribution in [1.29, 1.82) is 0 Å². The van der Waals surface area contributed by atoms with Crippen molar-refractivity contribution < 1.29 is 4.74 Å². The van der Waals surface area contributed by atoms with Crippen molar-refractivity contribution in [3.05, 3.63) is 54.4 Å². The van der Waals surface area contributed by atoms with Crippen molar-refractivity contribution in [3.8, 4) is 5.69 Å². The molecule has 0 aliphatic rings. The van der Waals surface area contributed by atoms with Crippen LogP contribution >= 0.6 is 0 Å². The highest BCUT2D eigenvalue weighted by atomic mass is 16.5. The Hall–Kier alpha value is -2.66. The molecule has 2 aromatic heterocycles. The van der Waals surface area contributed by atoms with Gasteiger partial charge in [-0.3, -0.25) is 0 Å². The summed E-state index contributed by atoms with van der Waals surface area (Å²) in [5, 5.41) is 10.8. The van der Waals surface area contributed by atoms with E-state index in [9.17, 15) is 0 Å². The van der Waals surface area contributed by atoms with E-state index in [1.54, 1.807) is 13.3 Å². The molecule has 0 unspecified atom stereocenters. The molecule has 0 saturated carbocycles. The van der Waals surface area contributed by atoms with Crippen LogP contribution in [0.25, 0.3) is 27.5 Å². The first-order chi connectivity index (χ1) is 11.8. The van der Waals surface area contributed by atoms with E-state index < -0.39 is 0 Å². The van der Waals surface area contributed by atoms with Gasteiger partial charge >= 0.3 is 0 Å². The van der Waals surface area contributed by atoms with Crippen LogP contribution < -0.4 is 0 Å². The molecule has 0 atom stereocenters. The highest BCUT2D eigenvalue weighted by molar-refractivity contribution is 6.08. The third kappa shape index (κ3) is 2.29. The van der Waals surface area contributed by atoms with Gasteiger partial charge in [0.25, 0.3) is 0 Å². The molecule has 5 nitrogen and oxygen atoms in total. The lowest BCUT2D eigenvalue weighted by atomic mass is 10.1. The van der Waals surface area contributed by atoms with Gasteiger partial charge in [-0.1, -0.05) is 23.4 Å². The SMILES string of the molecule is CCn1c2ccccc2c2cc(-n3nncc3CCOC)ccc21. The Morgan fingerprint density at radius 3 is 2.71 bits per heavy atom. The molecule has 0 radical (unpaired) electrons. The van der Waals surface area contributed by atoms with Crippen LogP contribution in [0.3, 0.4) is 0 Å². The van der Waals surface area contributed by atoms with Crippen LogP contribution in [-0.2, 0) is 17.7 Å². The number of hydrogen-bond donors (Lipinski definition) is 0. The normalized spacial score (nSPS) is 11.6. The van der Waals surface area contributed by atoms with E-state index in [-0.39, 0.29) is 0 Å². The second kappa shape index (κ2) is 6.09. The van der Waals surface area contributed by atoms with E-state index in [4.69, 9.17) is 4.74 Å². The molecule has 4 rings (SSSR count). The Morgan fingerprint density at radius 1 is 1.04 bits per heavy atom. The van der Waals surface area contributed by atoms with Gasteiger partial charge < -0.3 is 9.30 Å². The zero-order valence-corrected chi connectivity index (χ0v) is 13.9. The average Bonchev–Trinajstić information content (AvgIpc) is 3.21. The fourth-order valence-corrected chi connectivity index (χ4v) is 3.36. The van der Waals surface area contributed by atoms with Crippen molar-refractivity contribution in [1.82, 2.24) is 19.6 Å². The predicted octanol–water partition coefficient (Wildman–Crippen LogP) is 3.58. The van der Waals surface area contributed by atoms with Gasteiger partial charge in [-0.2, -0.15) is 0 Å². The summed E-state index contributed by atoms with van der Waals surface area (Å²) >= 11 is 0. The van der Waals surface area contributed by atoms with Crippen LogP contribution in [0.5, 0.6) is 0 Å². The molecule has 4 aromatic rings. The van der Waals surface area contributed by atoms with Gasteiger partial charge in [-0.05, 0) is 31.2 Å². The van der Waals surface area contributed by atoms with Gasteiger partial charge in [-0.25, -0.2) is 4.68 Å². The molecule has 0 amide bonds. The zero-order chi connectivity index (χ0) is 16.5. The molecule has 0 N–H and O–H groups in total. The first-order valence-electron chi connectivity index (χ1n) is 8.23. The number of aryl methyl sites for hydroxylation is 1. The summed E-state index contributed by atoms with van der Waals surface area (Å²) in [6, 6.07) is 15.0. The van der Waals surface area contributed by atoms with Crippen LogP contribution in [-0.4, -0.2) is 33.3 Å².